The smallest absolute Gasteiger partial charge is 0.434 e. The third-order valence-electron chi connectivity index (χ3n) is 8.21. The van der Waals surface area contributed by atoms with Crippen LogP contribution >= 0.6 is 0 Å². The van der Waals surface area contributed by atoms with Gasteiger partial charge in [-0.05, 0) is 68.3 Å². The van der Waals surface area contributed by atoms with Crippen LogP contribution in [-0.4, -0.2) is 26.9 Å². The summed E-state index contributed by atoms with van der Waals surface area (Å²) < 4.78 is 46.0. The van der Waals surface area contributed by atoms with Gasteiger partial charge in [0, 0.05) is 17.8 Å². The van der Waals surface area contributed by atoms with Gasteiger partial charge >= 0.3 is 12.1 Å². The summed E-state index contributed by atoms with van der Waals surface area (Å²) in [7, 11) is 0. The number of halogens is 3. The number of alkyl halides is 3. The fourth-order valence-electron chi connectivity index (χ4n) is 7.44. The normalized spacial score (nSPS) is 35.5. The molecule has 0 spiro atoms. The minimum Gasteiger partial charge on any atom is -0.434 e. The van der Waals surface area contributed by atoms with Gasteiger partial charge in [0.25, 0.3) is 0 Å². The molecule has 2 atom stereocenters. The third kappa shape index (κ3) is 3.17. The van der Waals surface area contributed by atoms with Gasteiger partial charge in [-0.15, -0.1) is 10.2 Å². The Kier molecular flexibility index (Phi) is 4.46. The van der Waals surface area contributed by atoms with Crippen LogP contribution in [0.25, 0.3) is 0 Å². The second kappa shape index (κ2) is 7.06. The molecule has 2 aromatic rings. The number of carbonyl (C=O) groups excluding carboxylic acids is 1. The van der Waals surface area contributed by atoms with E-state index in [1.54, 1.807) is 4.57 Å². The van der Waals surface area contributed by atoms with Gasteiger partial charge in [0.2, 0.25) is 0 Å². The third-order valence-corrected chi connectivity index (χ3v) is 8.21. The van der Waals surface area contributed by atoms with Crippen LogP contribution in [-0.2, 0) is 14.9 Å². The van der Waals surface area contributed by atoms with Gasteiger partial charge in [-0.2, -0.15) is 13.2 Å². The molecule has 2 heterocycles. The lowest BCUT2D eigenvalue weighted by Crippen LogP contribution is -2.50. The number of ether oxygens (including phenoxy) is 1. The highest BCUT2D eigenvalue weighted by molar-refractivity contribution is 5.75. The minimum atomic E-state index is -5.02. The molecule has 7 rings (SSSR count). The van der Waals surface area contributed by atoms with Gasteiger partial charge in [-0.25, -0.2) is 4.79 Å². The predicted molar refractivity (Wildman–Crippen MR) is 109 cm³/mol. The highest BCUT2D eigenvalue weighted by atomic mass is 19.4. The Labute approximate surface area is 184 Å². The number of hydrogen-bond donors (Lipinski definition) is 0. The molecular formula is C24H26F3N3O2. The van der Waals surface area contributed by atoms with Crippen LogP contribution < -0.4 is 0 Å². The van der Waals surface area contributed by atoms with Gasteiger partial charge in [-0.3, -0.25) is 4.57 Å². The van der Waals surface area contributed by atoms with E-state index in [1.807, 2.05) is 30.3 Å². The van der Waals surface area contributed by atoms with Gasteiger partial charge in [0.1, 0.15) is 11.6 Å². The minimum absolute atomic E-state index is 0.0767. The van der Waals surface area contributed by atoms with E-state index < -0.39 is 18.4 Å². The lowest BCUT2D eigenvalue weighted by atomic mass is 9.49. The molecule has 0 N–H and O–H groups in total. The molecule has 5 aliphatic rings. The molecule has 4 aliphatic carbocycles. The largest absolute Gasteiger partial charge is 0.491 e. The summed E-state index contributed by atoms with van der Waals surface area (Å²) >= 11 is 0. The summed E-state index contributed by atoms with van der Waals surface area (Å²) in [5, 5.41) is 9.16. The lowest BCUT2D eigenvalue weighted by molar-refractivity contribution is -0.210. The van der Waals surface area contributed by atoms with E-state index in [0.717, 1.165) is 30.7 Å². The number of rotatable bonds is 3. The average Bonchev–Trinajstić information content (AvgIpc) is 3.19. The molecule has 32 heavy (non-hydrogen) atoms. The molecule has 0 radical (unpaired) electrons. The van der Waals surface area contributed by atoms with Crippen molar-refractivity contribution in [2.45, 2.75) is 75.1 Å². The van der Waals surface area contributed by atoms with Gasteiger partial charge < -0.3 is 4.74 Å². The Morgan fingerprint density at radius 3 is 2.19 bits per heavy atom. The highest BCUT2D eigenvalue weighted by Gasteiger charge is 2.55. The van der Waals surface area contributed by atoms with E-state index in [9.17, 15) is 18.0 Å². The molecule has 8 heteroatoms. The summed E-state index contributed by atoms with van der Waals surface area (Å²) in [6.07, 6.45) is 1.60. The molecule has 170 valence electrons. The molecular weight excluding hydrogens is 419 g/mol. The molecule has 0 amide bonds. The van der Waals surface area contributed by atoms with Crippen molar-refractivity contribution < 1.29 is 22.7 Å². The van der Waals surface area contributed by atoms with E-state index in [2.05, 4.69) is 10.2 Å². The molecule has 4 fully saturated rings. The molecule has 1 aromatic heterocycles. The second-order valence-corrected chi connectivity index (χ2v) is 10.3. The average molecular weight is 445 g/mol. The van der Waals surface area contributed by atoms with Crippen LogP contribution in [0.4, 0.5) is 13.2 Å². The molecule has 1 aromatic carbocycles. The molecule has 0 saturated heterocycles. The summed E-state index contributed by atoms with van der Waals surface area (Å²) in [6.45, 7) is 0. The van der Waals surface area contributed by atoms with Crippen LogP contribution in [0.1, 0.15) is 80.7 Å². The van der Waals surface area contributed by atoms with Crippen molar-refractivity contribution >= 4 is 5.97 Å². The predicted octanol–water partition coefficient (Wildman–Crippen LogP) is 5.28. The molecule has 4 saturated carbocycles. The monoisotopic (exact) mass is 445 g/mol. The van der Waals surface area contributed by atoms with E-state index >= 15 is 0 Å². The van der Waals surface area contributed by atoms with E-state index in [-0.39, 0.29) is 11.3 Å². The van der Waals surface area contributed by atoms with Crippen molar-refractivity contribution in [1.82, 2.24) is 14.8 Å². The number of aromatic nitrogens is 3. The van der Waals surface area contributed by atoms with Crippen LogP contribution in [0.15, 0.2) is 30.3 Å². The van der Waals surface area contributed by atoms with Crippen LogP contribution in [0.3, 0.4) is 0 Å². The Bertz CT molecular complexity index is 998. The second-order valence-electron chi connectivity index (χ2n) is 10.3. The number of hydrogen-bond acceptors (Lipinski definition) is 4. The molecule has 2 unspecified atom stereocenters. The van der Waals surface area contributed by atoms with Crippen molar-refractivity contribution in [3.8, 4) is 0 Å². The van der Waals surface area contributed by atoms with E-state index in [4.69, 9.17) is 4.74 Å². The van der Waals surface area contributed by atoms with Crippen LogP contribution in [0.2, 0.25) is 0 Å². The molecule has 1 aliphatic heterocycles. The first-order valence-corrected chi connectivity index (χ1v) is 11.6. The number of benzene rings is 1. The van der Waals surface area contributed by atoms with Crippen molar-refractivity contribution in [2.24, 2.45) is 17.8 Å². The number of carbonyl (C=O) groups is 1. The maximum absolute atomic E-state index is 13.0. The standard InChI is InChI=1S/C24H26F3N3O2/c25-24(26,27)22(31)32-19-7-6-18(17-4-2-1-3-5-17)20-28-29-21(30(19)20)23-11-14-8-15(12-23)10-16(9-14)13-23/h1-5,14-16,18-19H,6-13H2. The maximum atomic E-state index is 13.0. The number of fused-ring (bicyclic) bond motifs is 1. The Balaban J connectivity index is 1.43. The Morgan fingerprint density at radius 1 is 0.969 bits per heavy atom. The highest BCUT2D eigenvalue weighted by Crippen LogP contribution is 2.61. The first-order valence-electron chi connectivity index (χ1n) is 11.6. The topological polar surface area (TPSA) is 57.0 Å². The Morgan fingerprint density at radius 2 is 1.59 bits per heavy atom. The van der Waals surface area contributed by atoms with Crippen molar-refractivity contribution in [1.29, 1.82) is 0 Å². The van der Waals surface area contributed by atoms with Crippen molar-refractivity contribution in [3.63, 3.8) is 0 Å². The quantitative estimate of drug-likeness (QED) is 0.604. The maximum Gasteiger partial charge on any atom is 0.491 e. The zero-order chi connectivity index (χ0) is 22.1. The number of nitrogens with zero attached hydrogens (tertiary/aromatic N) is 3. The summed E-state index contributed by atoms with van der Waals surface area (Å²) in [5.41, 5.74) is 0.889. The fourth-order valence-corrected chi connectivity index (χ4v) is 7.44. The molecule has 4 bridgehead atoms. The van der Waals surface area contributed by atoms with Crippen LogP contribution in [0, 0.1) is 17.8 Å². The fraction of sp³-hybridized carbons (Fsp3) is 0.625. The Hall–Kier alpha value is -2.38. The van der Waals surface area contributed by atoms with Crippen LogP contribution in [0.5, 0.6) is 0 Å². The number of esters is 1. The van der Waals surface area contributed by atoms with Gasteiger partial charge in [0.05, 0.1) is 0 Å². The first-order chi connectivity index (χ1) is 15.3. The molecule has 5 nitrogen and oxygen atoms in total. The van der Waals surface area contributed by atoms with Gasteiger partial charge in [-0.1, -0.05) is 30.3 Å². The zero-order valence-electron chi connectivity index (χ0n) is 17.7. The first kappa shape index (κ1) is 20.2. The van der Waals surface area contributed by atoms with Crippen molar-refractivity contribution in [3.05, 3.63) is 47.5 Å². The zero-order valence-corrected chi connectivity index (χ0v) is 17.7. The van der Waals surface area contributed by atoms with Gasteiger partial charge in [0.15, 0.2) is 6.23 Å². The van der Waals surface area contributed by atoms with Crippen molar-refractivity contribution in [2.75, 3.05) is 0 Å². The SMILES string of the molecule is O=C(OC1CCC(c2ccccc2)c2nnc(C34CC5CC(CC(C5)C3)C4)n21)C(F)(F)F. The lowest BCUT2D eigenvalue weighted by Gasteiger charge is -2.56. The summed E-state index contributed by atoms with van der Waals surface area (Å²) in [5.74, 6) is 1.10. The summed E-state index contributed by atoms with van der Waals surface area (Å²) in [4.78, 5) is 11.8. The summed E-state index contributed by atoms with van der Waals surface area (Å²) in [6, 6.07) is 9.86. The van der Waals surface area contributed by atoms with E-state index in [0.29, 0.717) is 36.4 Å². The van der Waals surface area contributed by atoms with E-state index in [1.165, 1.54) is 19.3 Å².